The predicted octanol–water partition coefficient (Wildman–Crippen LogP) is 0.497. The number of aromatic nitrogens is 1. The highest BCUT2D eigenvalue weighted by atomic mass is 32.2. The molecule has 1 amide bonds. The Kier molecular flexibility index (Phi) is 3.70. The zero-order valence-electron chi connectivity index (χ0n) is 12.6. The monoisotopic (exact) mass is 352 g/mol. The summed E-state index contributed by atoms with van der Waals surface area (Å²) in [6.45, 7) is 0. The second kappa shape index (κ2) is 5.61. The van der Waals surface area contributed by atoms with Crippen LogP contribution in [0.15, 0.2) is 17.3 Å². The molecule has 2 unspecified atom stereocenters. The molecule has 6 nitrogen and oxygen atoms in total. The van der Waals surface area contributed by atoms with E-state index < -0.39 is 5.97 Å². The quantitative estimate of drug-likeness (QED) is 0.585. The second-order valence-corrected chi connectivity index (χ2v) is 8.03. The van der Waals surface area contributed by atoms with Gasteiger partial charge in [-0.1, -0.05) is 23.1 Å². The molecule has 122 valence electrons. The molecule has 0 bridgehead atoms. The molecule has 1 saturated heterocycles. The number of hydrogen-bond donors (Lipinski definition) is 0. The topological polar surface area (TPSA) is 73.5 Å². The molecule has 0 spiro atoms. The third-order valence-electron chi connectivity index (χ3n) is 4.59. The van der Waals surface area contributed by atoms with E-state index in [0.29, 0.717) is 6.42 Å². The molecule has 1 fully saturated rings. The maximum absolute atomic E-state index is 11.6. The minimum absolute atomic E-state index is 0.00144. The predicted molar refractivity (Wildman–Crippen MR) is 82.2 cm³/mol. The van der Waals surface area contributed by atoms with Crippen LogP contribution in [-0.4, -0.2) is 29.3 Å². The molecule has 3 aliphatic rings. The van der Waals surface area contributed by atoms with Crippen LogP contribution in [0.3, 0.4) is 0 Å². The molecule has 1 aromatic rings. The van der Waals surface area contributed by atoms with Gasteiger partial charge in [0.05, 0.1) is 29.6 Å². The summed E-state index contributed by atoms with van der Waals surface area (Å²) in [6.07, 6.45) is 5.20. The van der Waals surface area contributed by atoms with Crippen LogP contribution in [0.4, 0.5) is 0 Å². The van der Waals surface area contributed by atoms with E-state index in [4.69, 9.17) is 4.74 Å². The average molecular weight is 352 g/mol. The normalized spacial score (nSPS) is 29.4. The number of hydrogen-bond acceptors (Lipinski definition) is 6. The highest BCUT2D eigenvalue weighted by Gasteiger charge is 2.47. The number of carbonyl (C=O) groups excluding carboxylic acids is 2. The highest BCUT2D eigenvalue weighted by Crippen LogP contribution is 2.44. The lowest BCUT2D eigenvalue weighted by Crippen LogP contribution is -2.57. The van der Waals surface area contributed by atoms with Gasteiger partial charge in [-0.05, 0) is 12.8 Å². The fraction of sp³-hybridized carbons (Fsp3) is 0.533. The van der Waals surface area contributed by atoms with Crippen molar-refractivity contribution >= 4 is 35.0 Å². The Hall–Kier alpha value is -1.38. The first kappa shape index (κ1) is 15.2. The van der Waals surface area contributed by atoms with Crippen LogP contribution in [-0.2, 0) is 20.7 Å². The number of thioether (sulfide) groups is 1. The highest BCUT2D eigenvalue weighted by molar-refractivity contribution is 8.00. The molecule has 0 saturated carbocycles. The van der Waals surface area contributed by atoms with Gasteiger partial charge >= 0.3 is 0 Å². The van der Waals surface area contributed by atoms with Crippen molar-refractivity contribution in [3.63, 3.8) is 0 Å². The SMILES string of the molecule is COC1CCCc2c1sc[n+]2C1C=C(C(=O)[O-])N2C(=O)C[C@H]2S1. The molecule has 1 aliphatic carbocycles. The summed E-state index contributed by atoms with van der Waals surface area (Å²) in [4.78, 5) is 25.6. The van der Waals surface area contributed by atoms with Crippen LogP contribution in [0.5, 0.6) is 0 Å². The van der Waals surface area contributed by atoms with Crippen LogP contribution in [0.2, 0.25) is 0 Å². The Morgan fingerprint density at radius 1 is 1.52 bits per heavy atom. The number of methoxy groups -OCH3 is 1. The van der Waals surface area contributed by atoms with Crippen LogP contribution < -0.4 is 9.67 Å². The number of ether oxygens (including phenoxy) is 1. The van der Waals surface area contributed by atoms with E-state index in [1.807, 2.05) is 5.51 Å². The lowest BCUT2D eigenvalue weighted by Gasteiger charge is -2.44. The number of carboxylic acid groups (broad SMARTS) is 1. The third kappa shape index (κ3) is 2.31. The van der Waals surface area contributed by atoms with E-state index in [2.05, 4.69) is 4.57 Å². The van der Waals surface area contributed by atoms with Gasteiger partial charge in [0.1, 0.15) is 4.88 Å². The van der Waals surface area contributed by atoms with Crippen LogP contribution in [0.1, 0.15) is 41.3 Å². The van der Waals surface area contributed by atoms with Crippen molar-refractivity contribution in [2.75, 3.05) is 7.11 Å². The van der Waals surface area contributed by atoms with E-state index in [1.54, 1.807) is 36.3 Å². The number of fused-ring (bicyclic) bond motifs is 2. The fourth-order valence-corrected chi connectivity index (χ4v) is 6.14. The van der Waals surface area contributed by atoms with Gasteiger partial charge < -0.3 is 14.6 Å². The van der Waals surface area contributed by atoms with E-state index in [0.717, 1.165) is 19.3 Å². The molecule has 2 aliphatic heterocycles. The van der Waals surface area contributed by atoms with Crippen LogP contribution >= 0.6 is 23.1 Å². The molecule has 1 aromatic heterocycles. The maximum atomic E-state index is 11.6. The lowest BCUT2D eigenvalue weighted by atomic mass is 10.00. The first-order chi connectivity index (χ1) is 11.1. The number of aliphatic carboxylic acids is 1. The molecular formula is C15H16N2O4S2. The number of rotatable bonds is 3. The van der Waals surface area contributed by atoms with Crippen molar-refractivity contribution in [1.29, 1.82) is 0 Å². The van der Waals surface area contributed by atoms with E-state index in [9.17, 15) is 14.7 Å². The van der Waals surface area contributed by atoms with Gasteiger partial charge in [0, 0.05) is 19.6 Å². The largest absolute Gasteiger partial charge is 0.543 e. The van der Waals surface area contributed by atoms with Crippen molar-refractivity contribution in [3.8, 4) is 0 Å². The Labute approximate surface area is 141 Å². The van der Waals surface area contributed by atoms with Gasteiger partial charge in [-0.2, -0.15) is 4.57 Å². The molecule has 3 atom stereocenters. The standard InChI is InChI=1S/C15H16N2O4S2/c1-21-10-4-2-3-8-14(10)22-7-16(8)12-5-9(15(19)20)17-11(18)6-13(17)23-12/h5,7,10,12-13H,2-4,6H2,1H3/t10?,12?,13-/m1/s1. The molecular weight excluding hydrogens is 336 g/mol. The van der Waals surface area contributed by atoms with Crippen molar-refractivity contribution in [1.82, 2.24) is 4.90 Å². The van der Waals surface area contributed by atoms with Gasteiger partial charge in [0.2, 0.25) is 16.8 Å². The number of carbonyl (C=O) groups is 2. The Morgan fingerprint density at radius 3 is 3.04 bits per heavy atom. The van der Waals surface area contributed by atoms with Crippen molar-refractivity contribution in [3.05, 3.63) is 27.9 Å². The van der Waals surface area contributed by atoms with Gasteiger partial charge in [-0.3, -0.25) is 9.69 Å². The average Bonchev–Trinajstić information content (AvgIpc) is 2.96. The van der Waals surface area contributed by atoms with Gasteiger partial charge in [0.25, 0.3) is 0 Å². The first-order valence-corrected chi connectivity index (χ1v) is 9.37. The Morgan fingerprint density at radius 2 is 2.35 bits per heavy atom. The maximum Gasteiger partial charge on any atom is 0.230 e. The van der Waals surface area contributed by atoms with E-state index in [-0.39, 0.29) is 28.5 Å². The Balaban J connectivity index is 1.71. The summed E-state index contributed by atoms with van der Waals surface area (Å²) in [7, 11) is 1.73. The Bertz CT molecular complexity index is 714. The van der Waals surface area contributed by atoms with Gasteiger partial charge in [-0.15, -0.1) is 0 Å². The van der Waals surface area contributed by atoms with E-state index >= 15 is 0 Å². The molecule has 0 aromatic carbocycles. The zero-order valence-corrected chi connectivity index (χ0v) is 14.2. The molecule has 4 rings (SSSR count). The molecule has 8 heteroatoms. The summed E-state index contributed by atoms with van der Waals surface area (Å²) in [6, 6.07) is 0. The molecule has 23 heavy (non-hydrogen) atoms. The first-order valence-electron chi connectivity index (χ1n) is 7.55. The van der Waals surface area contributed by atoms with Crippen LogP contribution in [0, 0.1) is 0 Å². The van der Waals surface area contributed by atoms with Crippen molar-refractivity contribution < 1.29 is 24.0 Å². The number of carboxylic acids is 1. The van der Waals surface area contributed by atoms with Gasteiger partial charge in [-0.25, -0.2) is 0 Å². The zero-order chi connectivity index (χ0) is 16.1. The number of nitrogens with zero attached hydrogens (tertiary/aromatic N) is 2. The van der Waals surface area contributed by atoms with Crippen molar-refractivity contribution in [2.24, 2.45) is 0 Å². The van der Waals surface area contributed by atoms with E-state index in [1.165, 1.54) is 15.5 Å². The summed E-state index contributed by atoms with van der Waals surface area (Å²) in [5.41, 5.74) is 3.26. The van der Waals surface area contributed by atoms with Gasteiger partial charge in [0.15, 0.2) is 5.69 Å². The summed E-state index contributed by atoms with van der Waals surface area (Å²) in [5, 5.41) is 11.2. The summed E-state index contributed by atoms with van der Waals surface area (Å²) >= 11 is 3.27. The smallest absolute Gasteiger partial charge is 0.230 e. The number of thiazole rings is 1. The third-order valence-corrected chi connectivity index (χ3v) is 7.01. The van der Waals surface area contributed by atoms with Crippen molar-refractivity contribution in [2.45, 2.75) is 42.5 Å². The molecule has 0 N–H and O–H groups in total. The molecule has 0 radical (unpaired) electrons. The number of amides is 1. The number of β-lactam (4-membered cyclic amide) rings is 1. The minimum Gasteiger partial charge on any atom is -0.543 e. The summed E-state index contributed by atoms with van der Waals surface area (Å²) in [5.74, 6) is -1.43. The summed E-state index contributed by atoms with van der Waals surface area (Å²) < 4.78 is 7.70. The molecule has 3 heterocycles. The van der Waals surface area contributed by atoms with Crippen LogP contribution in [0.25, 0.3) is 0 Å². The second-order valence-electron chi connectivity index (χ2n) is 5.85. The lowest BCUT2D eigenvalue weighted by molar-refractivity contribution is -0.693. The fourth-order valence-electron chi connectivity index (χ4n) is 3.42. The minimum atomic E-state index is -1.28.